The van der Waals surface area contributed by atoms with Gasteiger partial charge in [0.2, 0.25) is 0 Å². The second kappa shape index (κ2) is 8.27. The van der Waals surface area contributed by atoms with Gasteiger partial charge in [-0.2, -0.15) is 5.26 Å². The number of aliphatic hydroxyl groups excluding tert-OH is 1. The molecule has 0 saturated heterocycles. The number of nitrogens with zero attached hydrogens (tertiary/aromatic N) is 7. The van der Waals surface area contributed by atoms with Crippen LogP contribution in [-0.4, -0.2) is 34.7 Å². The Morgan fingerprint density at radius 3 is 2.68 bits per heavy atom. The largest absolute Gasteiger partial charge is 0.381 e. The minimum Gasteiger partial charge on any atom is -0.381 e. The molecule has 5 rings (SSSR count). The molecule has 0 aliphatic rings. The highest BCUT2D eigenvalue weighted by Crippen LogP contribution is 2.34. The van der Waals surface area contributed by atoms with Crippen LogP contribution in [0.2, 0.25) is 0 Å². The highest BCUT2D eigenvalue weighted by atomic mass is 19.1. The molecule has 1 atom stereocenters. The molecule has 0 radical (unpaired) electrons. The number of halogens is 2. The Labute approximate surface area is 190 Å². The van der Waals surface area contributed by atoms with Crippen LogP contribution >= 0.6 is 0 Å². The van der Waals surface area contributed by atoms with Crippen molar-refractivity contribution in [3.63, 3.8) is 0 Å². The van der Waals surface area contributed by atoms with Crippen LogP contribution in [0.15, 0.2) is 61.1 Å². The van der Waals surface area contributed by atoms with E-state index in [0.717, 1.165) is 18.2 Å². The molecule has 5 aromatic rings. The quantitative estimate of drug-likeness (QED) is 0.421. The fraction of sp³-hybridized carbons (Fsp3) is 0.0435. The van der Waals surface area contributed by atoms with E-state index in [1.807, 2.05) is 0 Å². The van der Waals surface area contributed by atoms with Crippen molar-refractivity contribution in [1.82, 2.24) is 29.5 Å². The topological polar surface area (TPSA) is 139 Å². The molecule has 0 saturated carbocycles. The summed E-state index contributed by atoms with van der Waals surface area (Å²) in [4.78, 5) is 16.9. The van der Waals surface area contributed by atoms with Gasteiger partial charge in [0.25, 0.3) is 0 Å². The lowest BCUT2D eigenvalue weighted by atomic mass is 10.0. The molecule has 3 N–H and O–H groups in total. The number of benzene rings is 2. The first-order valence-electron chi connectivity index (χ1n) is 9.93. The highest BCUT2D eigenvalue weighted by Gasteiger charge is 2.26. The summed E-state index contributed by atoms with van der Waals surface area (Å²) in [5, 5.41) is 24.7. The molecule has 34 heavy (non-hydrogen) atoms. The number of nitrogen functional groups attached to an aromatic ring is 1. The average molecular weight is 456 g/mol. The summed E-state index contributed by atoms with van der Waals surface area (Å²) >= 11 is 0. The number of aromatic nitrogens is 6. The van der Waals surface area contributed by atoms with E-state index in [-0.39, 0.29) is 22.9 Å². The number of aliphatic hydroxyl groups is 1. The SMILES string of the molecule is N#Cc1ccccc1-c1nc(N)c2nc(C(O)c3cc(F)ccc3F)nn2c1-c1ccncn1. The number of rotatable bonds is 4. The van der Waals surface area contributed by atoms with Crippen LogP contribution in [0.1, 0.15) is 23.1 Å². The molecule has 0 fully saturated rings. The molecular formula is C23H14F2N8O. The molecule has 9 nitrogen and oxygen atoms in total. The van der Waals surface area contributed by atoms with Crippen LogP contribution in [0.5, 0.6) is 0 Å². The van der Waals surface area contributed by atoms with E-state index in [2.05, 4.69) is 31.1 Å². The maximum absolute atomic E-state index is 14.3. The van der Waals surface area contributed by atoms with Gasteiger partial charge >= 0.3 is 0 Å². The molecular weight excluding hydrogens is 442 g/mol. The first-order chi connectivity index (χ1) is 16.5. The number of hydrogen-bond acceptors (Lipinski definition) is 8. The van der Waals surface area contributed by atoms with Crippen LogP contribution in [-0.2, 0) is 0 Å². The van der Waals surface area contributed by atoms with Crippen molar-refractivity contribution >= 4 is 11.5 Å². The van der Waals surface area contributed by atoms with Crippen molar-refractivity contribution in [3.8, 4) is 28.7 Å². The third-order valence-corrected chi connectivity index (χ3v) is 5.15. The Kier molecular flexibility index (Phi) is 5.12. The Bertz CT molecular complexity index is 1580. The predicted octanol–water partition coefficient (Wildman–Crippen LogP) is 3.06. The summed E-state index contributed by atoms with van der Waals surface area (Å²) in [5.74, 6) is -1.82. The maximum Gasteiger partial charge on any atom is 0.199 e. The lowest BCUT2D eigenvalue weighted by Gasteiger charge is -2.12. The number of anilines is 1. The predicted molar refractivity (Wildman–Crippen MR) is 117 cm³/mol. The van der Waals surface area contributed by atoms with Gasteiger partial charge in [-0.05, 0) is 30.3 Å². The molecule has 0 bridgehead atoms. The Morgan fingerprint density at radius 1 is 1.09 bits per heavy atom. The first kappa shape index (κ1) is 21.0. The second-order valence-electron chi connectivity index (χ2n) is 7.22. The lowest BCUT2D eigenvalue weighted by Crippen LogP contribution is -2.07. The first-order valence-corrected chi connectivity index (χ1v) is 9.93. The van der Waals surface area contributed by atoms with Crippen molar-refractivity contribution in [3.05, 3.63) is 89.6 Å². The van der Waals surface area contributed by atoms with Gasteiger partial charge in [0.15, 0.2) is 17.3 Å². The minimum atomic E-state index is -1.68. The fourth-order valence-electron chi connectivity index (χ4n) is 3.59. The third kappa shape index (κ3) is 3.48. The van der Waals surface area contributed by atoms with Crippen LogP contribution in [0.3, 0.4) is 0 Å². The third-order valence-electron chi connectivity index (χ3n) is 5.15. The smallest absolute Gasteiger partial charge is 0.199 e. The molecule has 0 aliphatic carbocycles. The van der Waals surface area contributed by atoms with Gasteiger partial charge in [-0.15, -0.1) is 5.10 Å². The molecule has 3 heterocycles. The number of nitriles is 1. The minimum absolute atomic E-state index is 0.0498. The molecule has 1 unspecified atom stereocenters. The summed E-state index contributed by atoms with van der Waals surface area (Å²) in [6.45, 7) is 0. The summed E-state index contributed by atoms with van der Waals surface area (Å²) in [6.07, 6.45) is 1.16. The fourth-order valence-corrected chi connectivity index (χ4v) is 3.59. The van der Waals surface area contributed by atoms with Crippen molar-refractivity contribution in [1.29, 1.82) is 5.26 Å². The van der Waals surface area contributed by atoms with Crippen LogP contribution < -0.4 is 5.73 Å². The molecule has 0 aliphatic heterocycles. The monoisotopic (exact) mass is 456 g/mol. The zero-order chi connectivity index (χ0) is 23.8. The summed E-state index contributed by atoms with van der Waals surface area (Å²) in [5.41, 5.74) is 7.72. The number of fused-ring (bicyclic) bond motifs is 1. The molecule has 0 amide bonds. The maximum atomic E-state index is 14.3. The standard InChI is InChI=1S/C23H14F2N8O/c24-13-5-6-16(25)15(9-13)20(34)22-31-23-21(27)30-18(14-4-2-1-3-12(14)10-26)19(33(23)32-22)17-7-8-28-11-29-17/h1-9,11,20,34H,(H2,27,30). The molecule has 2 aromatic carbocycles. The summed E-state index contributed by atoms with van der Waals surface area (Å²) < 4.78 is 29.3. The van der Waals surface area contributed by atoms with Crippen molar-refractivity contribution < 1.29 is 13.9 Å². The van der Waals surface area contributed by atoms with E-state index in [1.54, 1.807) is 30.3 Å². The van der Waals surface area contributed by atoms with E-state index in [0.29, 0.717) is 28.2 Å². The van der Waals surface area contributed by atoms with Crippen molar-refractivity contribution in [2.24, 2.45) is 0 Å². The van der Waals surface area contributed by atoms with Gasteiger partial charge in [-0.1, -0.05) is 18.2 Å². The molecule has 166 valence electrons. The van der Waals surface area contributed by atoms with Crippen molar-refractivity contribution in [2.75, 3.05) is 5.73 Å². The Hall–Kier alpha value is -4.82. The zero-order valence-corrected chi connectivity index (χ0v) is 17.3. The van der Waals surface area contributed by atoms with Gasteiger partial charge in [0, 0.05) is 17.3 Å². The van der Waals surface area contributed by atoms with Gasteiger partial charge in [-0.3, -0.25) is 0 Å². The van der Waals surface area contributed by atoms with Crippen molar-refractivity contribution in [2.45, 2.75) is 6.10 Å². The van der Waals surface area contributed by atoms with E-state index in [9.17, 15) is 19.1 Å². The summed E-state index contributed by atoms with van der Waals surface area (Å²) in [6, 6.07) is 13.2. The van der Waals surface area contributed by atoms with Gasteiger partial charge in [0.1, 0.15) is 35.5 Å². The van der Waals surface area contributed by atoms with Gasteiger partial charge < -0.3 is 10.8 Å². The van der Waals surface area contributed by atoms with Crippen LogP contribution in [0.4, 0.5) is 14.6 Å². The van der Waals surface area contributed by atoms with Gasteiger partial charge in [0.05, 0.1) is 17.3 Å². The van der Waals surface area contributed by atoms with Crippen LogP contribution in [0.25, 0.3) is 28.3 Å². The Balaban J connectivity index is 1.80. The van der Waals surface area contributed by atoms with E-state index >= 15 is 0 Å². The van der Waals surface area contributed by atoms with Gasteiger partial charge in [-0.25, -0.2) is 33.2 Å². The molecule has 0 spiro atoms. The lowest BCUT2D eigenvalue weighted by molar-refractivity contribution is 0.204. The average Bonchev–Trinajstić information content (AvgIpc) is 3.31. The molecule has 3 aromatic heterocycles. The normalized spacial score (nSPS) is 11.9. The molecule has 11 heteroatoms. The zero-order valence-electron chi connectivity index (χ0n) is 17.3. The van der Waals surface area contributed by atoms with E-state index in [1.165, 1.54) is 17.0 Å². The summed E-state index contributed by atoms with van der Waals surface area (Å²) in [7, 11) is 0. The number of hydrogen-bond donors (Lipinski definition) is 2. The number of nitrogens with two attached hydrogens (primary N) is 1. The highest BCUT2D eigenvalue weighted by molar-refractivity contribution is 5.83. The van der Waals surface area contributed by atoms with E-state index in [4.69, 9.17) is 5.73 Å². The Morgan fingerprint density at radius 2 is 1.91 bits per heavy atom. The van der Waals surface area contributed by atoms with E-state index < -0.39 is 17.7 Å². The second-order valence-corrected chi connectivity index (χ2v) is 7.22. The van der Waals surface area contributed by atoms with Crippen LogP contribution in [0, 0.1) is 23.0 Å².